The monoisotopic (exact) mass is 263 g/mol. The number of rotatable bonds is 2. The Morgan fingerprint density at radius 2 is 1.83 bits per heavy atom. The van der Waals surface area contributed by atoms with Crippen LogP contribution in [0.3, 0.4) is 0 Å². The van der Waals surface area contributed by atoms with Gasteiger partial charge in [0, 0.05) is 30.0 Å². The summed E-state index contributed by atoms with van der Waals surface area (Å²) in [4.78, 5) is 23.0. The van der Waals surface area contributed by atoms with Crippen LogP contribution in [0.25, 0.3) is 11.1 Å². The van der Waals surface area contributed by atoms with E-state index in [1.54, 1.807) is 42.1 Å². The molecule has 0 aliphatic carbocycles. The SMILES string of the molecule is Cn1cc(C(=O)O)c(=O)c(-c2ccc(Cl)cc2)c1. The molecule has 0 saturated carbocycles. The molecule has 0 radical (unpaired) electrons. The lowest BCUT2D eigenvalue weighted by molar-refractivity contribution is 0.0694. The zero-order valence-corrected chi connectivity index (χ0v) is 10.3. The maximum Gasteiger partial charge on any atom is 0.341 e. The van der Waals surface area contributed by atoms with Crippen molar-refractivity contribution in [1.82, 2.24) is 4.57 Å². The first-order valence-corrected chi connectivity index (χ1v) is 5.56. The second-order valence-corrected chi connectivity index (χ2v) is 4.33. The molecule has 2 aromatic rings. The number of pyridine rings is 1. The summed E-state index contributed by atoms with van der Waals surface area (Å²) in [6.45, 7) is 0. The Kier molecular flexibility index (Phi) is 3.21. The Morgan fingerprint density at radius 1 is 1.22 bits per heavy atom. The summed E-state index contributed by atoms with van der Waals surface area (Å²) in [6.07, 6.45) is 2.89. The molecule has 18 heavy (non-hydrogen) atoms. The summed E-state index contributed by atoms with van der Waals surface area (Å²) < 4.78 is 1.55. The molecular formula is C13H10ClNO3. The molecule has 0 saturated heterocycles. The predicted octanol–water partition coefficient (Wildman–Crippen LogP) is 2.40. The fourth-order valence-electron chi connectivity index (χ4n) is 1.69. The van der Waals surface area contributed by atoms with Crippen LogP contribution in [-0.4, -0.2) is 15.6 Å². The molecule has 0 amide bonds. The van der Waals surface area contributed by atoms with Gasteiger partial charge in [0.2, 0.25) is 5.43 Å². The number of aromatic nitrogens is 1. The minimum atomic E-state index is -1.23. The van der Waals surface area contributed by atoms with Gasteiger partial charge in [-0.2, -0.15) is 0 Å². The molecule has 92 valence electrons. The molecule has 0 aliphatic heterocycles. The summed E-state index contributed by atoms with van der Waals surface area (Å²) in [6, 6.07) is 6.68. The average Bonchev–Trinajstić information content (AvgIpc) is 2.32. The maximum absolute atomic E-state index is 12.0. The Morgan fingerprint density at radius 3 is 2.39 bits per heavy atom. The molecule has 1 N–H and O–H groups in total. The van der Waals surface area contributed by atoms with Gasteiger partial charge in [0.15, 0.2) is 0 Å². The van der Waals surface area contributed by atoms with Gasteiger partial charge < -0.3 is 9.67 Å². The first-order chi connectivity index (χ1) is 8.49. The summed E-state index contributed by atoms with van der Waals surface area (Å²) in [5.41, 5.74) is 0.241. The summed E-state index contributed by atoms with van der Waals surface area (Å²) >= 11 is 5.77. The van der Waals surface area contributed by atoms with Crippen molar-refractivity contribution in [3.63, 3.8) is 0 Å². The summed E-state index contributed by atoms with van der Waals surface area (Å²) in [5, 5.41) is 9.53. The lowest BCUT2D eigenvalue weighted by Gasteiger charge is -2.06. The molecule has 0 fully saturated rings. The standard InChI is InChI=1S/C13H10ClNO3/c1-15-6-10(8-2-4-9(14)5-3-8)12(16)11(7-15)13(17)18/h2-7H,1H3,(H,17,18). The lowest BCUT2D eigenvalue weighted by Crippen LogP contribution is -2.18. The van der Waals surface area contributed by atoms with E-state index in [9.17, 15) is 9.59 Å². The van der Waals surface area contributed by atoms with Crippen LogP contribution in [0.1, 0.15) is 10.4 Å². The van der Waals surface area contributed by atoms with Crippen LogP contribution in [0.2, 0.25) is 5.02 Å². The van der Waals surface area contributed by atoms with Crippen LogP contribution in [-0.2, 0) is 7.05 Å². The third-order valence-corrected chi connectivity index (χ3v) is 2.79. The predicted molar refractivity (Wildman–Crippen MR) is 69.1 cm³/mol. The van der Waals surface area contributed by atoms with Crippen molar-refractivity contribution in [1.29, 1.82) is 0 Å². The quantitative estimate of drug-likeness (QED) is 0.905. The fourth-order valence-corrected chi connectivity index (χ4v) is 1.82. The Labute approximate surface area is 108 Å². The minimum absolute atomic E-state index is 0.245. The number of carboxylic acid groups (broad SMARTS) is 1. The van der Waals surface area contributed by atoms with Gasteiger partial charge in [0.25, 0.3) is 0 Å². The molecule has 0 aliphatic rings. The van der Waals surface area contributed by atoms with E-state index in [1.165, 1.54) is 6.20 Å². The van der Waals surface area contributed by atoms with Crippen molar-refractivity contribution in [2.75, 3.05) is 0 Å². The molecule has 0 bridgehead atoms. The number of aromatic carboxylic acids is 1. The molecule has 1 heterocycles. The van der Waals surface area contributed by atoms with Crippen LogP contribution in [0, 0.1) is 0 Å². The van der Waals surface area contributed by atoms with Gasteiger partial charge in [-0.25, -0.2) is 4.79 Å². The van der Waals surface area contributed by atoms with Crippen LogP contribution < -0.4 is 5.43 Å². The average molecular weight is 264 g/mol. The van der Waals surface area contributed by atoms with Gasteiger partial charge in [-0.1, -0.05) is 23.7 Å². The number of halogens is 1. The van der Waals surface area contributed by atoms with Crippen LogP contribution in [0.4, 0.5) is 0 Å². The number of hydrogen-bond donors (Lipinski definition) is 1. The van der Waals surface area contributed by atoms with Crippen molar-refractivity contribution < 1.29 is 9.90 Å². The van der Waals surface area contributed by atoms with Crippen molar-refractivity contribution in [3.8, 4) is 11.1 Å². The molecule has 0 atom stereocenters. The molecule has 0 unspecified atom stereocenters. The van der Waals surface area contributed by atoms with Crippen molar-refractivity contribution in [3.05, 3.63) is 57.5 Å². The van der Waals surface area contributed by atoms with Gasteiger partial charge >= 0.3 is 5.97 Å². The van der Waals surface area contributed by atoms with Crippen molar-refractivity contribution in [2.24, 2.45) is 7.05 Å². The van der Waals surface area contributed by atoms with E-state index < -0.39 is 11.4 Å². The van der Waals surface area contributed by atoms with E-state index in [4.69, 9.17) is 16.7 Å². The molecular weight excluding hydrogens is 254 g/mol. The normalized spacial score (nSPS) is 10.3. The molecule has 1 aromatic heterocycles. The second-order valence-electron chi connectivity index (χ2n) is 3.89. The van der Waals surface area contributed by atoms with Gasteiger partial charge in [-0.05, 0) is 17.7 Å². The highest BCUT2D eigenvalue weighted by Gasteiger charge is 2.13. The highest BCUT2D eigenvalue weighted by Crippen LogP contribution is 2.18. The number of benzene rings is 1. The Hall–Kier alpha value is -2.07. The summed E-state index contributed by atoms with van der Waals surface area (Å²) in [7, 11) is 1.67. The molecule has 1 aromatic carbocycles. The highest BCUT2D eigenvalue weighted by molar-refractivity contribution is 6.30. The molecule has 4 nitrogen and oxygen atoms in total. The van der Waals surface area contributed by atoms with E-state index in [1.807, 2.05) is 0 Å². The second kappa shape index (κ2) is 4.66. The molecule has 5 heteroatoms. The van der Waals surface area contributed by atoms with E-state index in [2.05, 4.69) is 0 Å². The number of nitrogens with zero attached hydrogens (tertiary/aromatic N) is 1. The number of carboxylic acids is 1. The van der Waals surface area contributed by atoms with E-state index in [-0.39, 0.29) is 5.56 Å². The Balaban J connectivity index is 2.68. The molecule has 0 spiro atoms. The van der Waals surface area contributed by atoms with Gasteiger partial charge in [-0.3, -0.25) is 4.79 Å². The third kappa shape index (κ3) is 2.28. The Bertz CT molecular complexity index is 659. The summed E-state index contributed by atoms with van der Waals surface area (Å²) in [5.74, 6) is -1.23. The number of aryl methyl sites for hydroxylation is 1. The fraction of sp³-hybridized carbons (Fsp3) is 0.0769. The van der Waals surface area contributed by atoms with Crippen LogP contribution in [0.5, 0.6) is 0 Å². The van der Waals surface area contributed by atoms with Crippen LogP contribution in [0.15, 0.2) is 41.5 Å². The first-order valence-electron chi connectivity index (χ1n) is 5.18. The minimum Gasteiger partial charge on any atom is -0.477 e. The van der Waals surface area contributed by atoms with Gasteiger partial charge in [0.05, 0.1) is 0 Å². The van der Waals surface area contributed by atoms with Gasteiger partial charge in [0.1, 0.15) is 5.56 Å². The topological polar surface area (TPSA) is 59.3 Å². The zero-order valence-electron chi connectivity index (χ0n) is 9.55. The van der Waals surface area contributed by atoms with E-state index in [0.29, 0.717) is 16.1 Å². The maximum atomic E-state index is 12.0. The lowest BCUT2D eigenvalue weighted by atomic mass is 10.1. The number of hydrogen-bond acceptors (Lipinski definition) is 2. The largest absolute Gasteiger partial charge is 0.477 e. The van der Waals surface area contributed by atoms with E-state index >= 15 is 0 Å². The highest BCUT2D eigenvalue weighted by atomic mass is 35.5. The van der Waals surface area contributed by atoms with E-state index in [0.717, 1.165) is 0 Å². The van der Waals surface area contributed by atoms with Gasteiger partial charge in [-0.15, -0.1) is 0 Å². The third-order valence-electron chi connectivity index (χ3n) is 2.54. The smallest absolute Gasteiger partial charge is 0.341 e. The molecule has 2 rings (SSSR count). The van der Waals surface area contributed by atoms with Crippen LogP contribution >= 0.6 is 11.6 Å². The van der Waals surface area contributed by atoms with Crippen molar-refractivity contribution in [2.45, 2.75) is 0 Å². The zero-order chi connectivity index (χ0) is 13.3. The first kappa shape index (κ1) is 12.4. The van der Waals surface area contributed by atoms with Crippen molar-refractivity contribution >= 4 is 17.6 Å². The number of carbonyl (C=O) groups is 1.